The smallest absolute Gasteiger partial charge is 0.329 e. The fourth-order valence-electron chi connectivity index (χ4n) is 7.61. The van der Waals surface area contributed by atoms with Crippen molar-refractivity contribution < 1.29 is 53.5 Å². The average Bonchev–Trinajstić information content (AvgIpc) is 3.15. The lowest BCUT2D eigenvalue weighted by atomic mass is 9.85. The minimum absolute atomic E-state index is 0.0157. The zero-order valence-electron chi connectivity index (χ0n) is 34.2. The van der Waals surface area contributed by atoms with Crippen molar-refractivity contribution in [2.45, 2.75) is 149 Å². The number of carbonyl (C=O) groups excluding carboxylic acids is 5. The second-order valence-corrected chi connectivity index (χ2v) is 16.4. The van der Waals surface area contributed by atoms with E-state index < -0.39 is 83.5 Å². The number of cyclic esters (lactones) is 1. The molecule has 2 bridgehead atoms. The van der Waals surface area contributed by atoms with Crippen LogP contribution in [0.15, 0.2) is 47.6 Å². The lowest BCUT2D eigenvalue weighted by Crippen LogP contribution is -2.61. The van der Waals surface area contributed by atoms with Crippen molar-refractivity contribution in [3.05, 3.63) is 47.6 Å². The fraction of sp³-hybridized carbons (Fsp3) is 0.698. The first-order valence-electron chi connectivity index (χ1n) is 19.9. The van der Waals surface area contributed by atoms with Gasteiger partial charge in [-0.3, -0.25) is 19.2 Å². The number of ketones is 3. The molecule has 3 N–H and O–H groups in total. The molecule has 1 amide bonds. The van der Waals surface area contributed by atoms with E-state index in [1.54, 1.807) is 48.7 Å². The number of methoxy groups -OCH3 is 1. The summed E-state index contributed by atoms with van der Waals surface area (Å²) in [5.41, 5.74) is 1.14. The van der Waals surface area contributed by atoms with Gasteiger partial charge in [-0.2, -0.15) is 0 Å². The van der Waals surface area contributed by atoms with E-state index in [9.17, 15) is 39.3 Å². The number of allylic oxidation sites excluding steroid dienone is 6. The second kappa shape index (κ2) is 20.8. The van der Waals surface area contributed by atoms with Gasteiger partial charge in [-0.25, -0.2) is 4.79 Å². The number of rotatable bonds is 2. The minimum Gasteiger partial charge on any atom is -0.460 e. The molecule has 2 saturated heterocycles. The van der Waals surface area contributed by atoms with E-state index in [1.165, 1.54) is 6.08 Å². The average molecular weight is 772 g/mol. The van der Waals surface area contributed by atoms with Gasteiger partial charge < -0.3 is 34.4 Å². The number of hydrogen-bond donors (Lipinski definition) is 3. The number of aliphatic hydroxyl groups excluding tert-OH is 2. The van der Waals surface area contributed by atoms with E-state index >= 15 is 0 Å². The molecule has 3 aliphatic rings. The number of piperidine rings is 1. The van der Waals surface area contributed by atoms with Crippen LogP contribution in [0.5, 0.6) is 0 Å². The molecule has 0 unspecified atom stereocenters. The summed E-state index contributed by atoms with van der Waals surface area (Å²) in [6.45, 7) is 14.1. The van der Waals surface area contributed by atoms with Gasteiger partial charge in [-0.05, 0) is 75.4 Å². The van der Waals surface area contributed by atoms with Crippen molar-refractivity contribution >= 4 is 29.2 Å². The molecule has 12 nitrogen and oxygen atoms in total. The number of carbonyl (C=O) groups is 5. The number of aliphatic hydroxyl groups is 3. The van der Waals surface area contributed by atoms with Crippen molar-refractivity contribution in [3.63, 3.8) is 0 Å². The molecule has 2 fully saturated rings. The SMILES string of the molecule is CO[C@H]1C[C@@H]2CC[C@@H](C)[C@@](O)(O2)C(=O)C(=O)N2CCCC[C@H]2C(=O)O[C@H](C(C)C)CC(=O)[C@H](C)/C=C(\C)[C@@H](O)[C@@H](O)C(=O)[C@H](C)C[C@H](C)/C=C/C=CC=C1C. The predicted octanol–water partition coefficient (Wildman–Crippen LogP) is 4.98. The highest BCUT2D eigenvalue weighted by molar-refractivity contribution is 6.39. The van der Waals surface area contributed by atoms with Crippen LogP contribution in [0.25, 0.3) is 0 Å². The number of Topliss-reactive ketones (excluding diaryl/α,β-unsaturated/α-hetero) is 3. The molecular formula is C43H65NO11. The van der Waals surface area contributed by atoms with E-state index in [2.05, 4.69) is 0 Å². The summed E-state index contributed by atoms with van der Waals surface area (Å²) in [5.74, 6) is -8.36. The topological polar surface area (TPSA) is 177 Å². The molecule has 11 atom stereocenters. The Hall–Kier alpha value is -3.29. The van der Waals surface area contributed by atoms with Crippen molar-refractivity contribution in [2.24, 2.45) is 29.6 Å². The zero-order chi connectivity index (χ0) is 41.2. The molecule has 0 aromatic carbocycles. The Labute approximate surface area is 327 Å². The van der Waals surface area contributed by atoms with Crippen LogP contribution in [0.4, 0.5) is 0 Å². The van der Waals surface area contributed by atoms with Crippen molar-refractivity contribution in [2.75, 3.05) is 13.7 Å². The minimum atomic E-state index is -2.40. The largest absolute Gasteiger partial charge is 0.460 e. The molecule has 0 radical (unpaired) electrons. The maximum Gasteiger partial charge on any atom is 0.329 e. The molecule has 12 heteroatoms. The summed E-state index contributed by atoms with van der Waals surface area (Å²) >= 11 is 0. The highest BCUT2D eigenvalue weighted by Gasteiger charge is 2.53. The quantitative estimate of drug-likeness (QED) is 0.196. The van der Waals surface area contributed by atoms with Crippen LogP contribution in [0.1, 0.15) is 107 Å². The maximum atomic E-state index is 13.9. The van der Waals surface area contributed by atoms with E-state index in [0.717, 1.165) is 10.5 Å². The summed E-state index contributed by atoms with van der Waals surface area (Å²) in [7, 11) is 1.57. The Kier molecular flexibility index (Phi) is 17.4. The Morgan fingerprint density at radius 2 is 1.58 bits per heavy atom. The summed E-state index contributed by atoms with van der Waals surface area (Å²) < 4.78 is 17.7. The van der Waals surface area contributed by atoms with Crippen LogP contribution >= 0.6 is 0 Å². The highest BCUT2D eigenvalue weighted by atomic mass is 16.6. The highest BCUT2D eigenvalue weighted by Crippen LogP contribution is 2.36. The molecule has 3 rings (SSSR count). The predicted molar refractivity (Wildman–Crippen MR) is 207 cm³/mol. The maximum absolute atomic E-state index is 13.9. The van der Waals surface area contributed by atoms with Gasteiger partial charge >= 0.3 is 5.97 Å². The number of ether oxygens (including phenoxy) is 3. The summed E-state index contributed by atoms with van der Waals surface area (Å²) in [6.07, 6.45) is 8.82. The van der Waals surface area contributed by atoms with Gasteiger partial charge in [0.15, 0.2) is 5.78 Å². The Morgan fingerprint density at radius 3 is 2.24 bits per heavy atom. The molecule has 3 aliphatic heterocycles. The van der Waals surface area contributed by atoms with Gasteiger partial charge in [0, 0.05) is 44.2 Å². The number of nitrogens with zero attached hydrogens (tertiary/aromatic N) is 1. The first-order valence-corrected chi connectivity index (χ1v) is 19.9. The third-order valence-electron chi connectivity index (χ3n) is 11.5. The van der Waals surface area contributed by atoms with Gasteiger partial charge in [-0.15, -0.1) is 0 Å². The van der Waals surface area contributed by atoms with Gasteiger partial charge in [0.1, 0.15) is 30.1 Å². The number of hydrogen-bond acceptors (Lipinski definition) is 11. The van der Waals surface area contributed by atoms with Gasteiger partial charge in [-0.1, -0.05) is 78.0 Å². The third-order valence-corrected chi connectivity index (χ3v) is 11.5. The standard InChI is InChI=1S/C43H65NO11/c1-25(2)35-24-34(45)28(5)22-30(7)38(47)39(48)37(46)29(6)21-26(3)15-11-10-12-16-27(4)36(53-9)23-32-19-18-31(8)43(52,55-32)40(49)41(50)44-20-14-13-17-33(44)42(51)54-35/h10-12,15-16,22,25-26,28-29,31-33,35-36,38-39,47-48,52H,13-14,17-21,23-24H2,1-9H3/b12-10?,15-11+,27-16?,30-22+/t26-,28-,29-,31-,32+,33+,35+,36+,38-,39+,43-/m1/s1. The van der Waals surface area contributed by atoms with Gasteiger partial charge in [0.05, 0.1) is 12.2 Å². The zero-order valence-corrected chi connectivity index (χ0v) is 34.2. The Bertz CT molecular complexity index is 1500. The van der Waals surface area contributed by atoms with Gasteiger partial charge in [0.25, 0.3) is 11.7 Å². The molecule has 308 valence electrons. The monoisotopic (exact) mass is 771 g/mol. The van der Waals surface area contributed by atoms with Crippen molar-refractivity contribution in [1.29, 1.82) is 0 Å². The summed E-state index contributed by atoms with van der Waals surface area (Å²) in [5, 5.41) is 33.4. The lowest BCUT2D eigenvalue weighted by molar-refractivity contribution is -0.265. The van der Waals surface area contributed by atoms with Crippen LogP contribution in [0.3, 0.4) is 0 Å². The molecule has 0 spiro atoms. The molecule has 0 aliphatic carbocycles. The summed E-state index contributed by atoms with van der Waals surface area (Å²) in [6, 6.07) is -1.09. The lowest BCUT2D eigenvalue weighted by Gasteiger charge is -2.42. The Morgan fingerprint density at radius 1 is 0.891 bits per heavy atom. The molecule has 0 aromatic heterocycles. The molecule has 3 heterocycles. The van der Waals surface area contributed by atoms with Crippen LogP contribution < -0.4 is 0 Å². The number of esters is 1. The number of fused-ring (bicyclic) bond motifs is 3. The Balaban J connectivity index is 1.97. The van der Waals surface area contributed by atoms with E-state index in [4.69, 9.17) is 14.2 Å². The third kappa shape index (κ3) is 12.1. The molecule has 0 aromatic rings. The summed E-state index contributed by atoms with van der Waals surface area (Å²) in [4.78, 5) is 69.2. The van der Waals surface area contributed by atoms with E-state index in [-0.39, 0.29) is 42.6 Å². The second-order valence-electron chi connectivity index (χ2n) is 16.4. The first kappa shape index (κ1) is 46.1. The normalized spacial score (nSPS) is 37.8. The van der Waals surface area contributed by atoms with Crippen molar-refractivity contribution in [3.8, 4) is 0 Å². The molecule has 0 saturated carbocycles. The van der Waals surface area contributed by atoms with Crippen LogP contribution in [-0.2, 0) is 38.2 Å². The van der Waals surface area contributed by atoms with Crippen LogP contribution in [0, 0.1) is 29.6 Å². The first-order chi connectivity index (χ1) is 25.8. The van der Waals surface area contributed by atoms with E-state index in [0.29, 0.717) is 38.5 Å². The fourth-order valence-corrected chi connectivity index (χ4v) is 7.61. The number of amides is 1. The van der Waals surface area contributed by atoms with Crippen molar-refractivity contribution in [1.82, 2.24) is 4.90 Å². The molecular weight excluding hydrogens is 706 g/mol. The van der Waals surface area contributed by atoms with Crippen LogP contribution in [0.2, 0.25) is 0 Å². The molecule has 55 heavy (non-hydrogen) atoms. The van der Waals surface area contributed by atoms with Gasteiger partial charge in [0.2, 0.25) is 5.79 Å². The van der Waals surface area contributed by atoms with E-state index in [1.807, 2.05) is 44.2 Å². The van der Waals surface area contributed by atoms with Crippen LogP contribution in [-0.4, -0.2) is 105 Å².